The molecular weight excluding hydrogens is 367 g/mol. The molecule has 1 fully saturated rings. The van der Waals surface area contributed by atoms with Gasteiger partial charge in [-0.2, -0.15) is 8.78 Å². The molecule has 0 radical (unpaired) electrons. The minimum Gasteiger partial charge on any atom is -0.404 e. The molecule has 6 nitrogen and oxygen atoms in total. The Kier molecular flexibility index (Phi) is 5.89. The summed E-state index contributed by atoms with van der Waals surface area (Å²) in [6, 6.07) is 10.6. The lowest BCUT2D eigenvalue weighted by molar-refractivity contribution is -0.158. The molecule has 0 aromatic heterocycles. The van der Waals surface area contributed by atoms with E-state index in [4.69, 9.17) is 14.3 Å². The third-order valence-electron chi connectivity index (χ3n) is 4.39. The molecule has 1 saturated heterocycles. The van der Waals surface area contributed by atoms with Crippen LogP contribution in [0.5, 0.6) is 5.75 Å². The number of benzene rings is 2. The van der Waals surface area contributed by atoms with Crippen LogP contribution in [0.25, 0.3) is 10.8 Å². The molecule has 0 unspecified atom stereocenters. The average Bonchev–Trinajstić information content (AvgIpc) is 2.98. The van der Waals surface area contributed by atoms with Gasteiger partial charge < -0.3 is 14.2 Å². The summed E-state index contributed by atoms with van der Waals surface area (Å²) >= 11 is 0. The summed E-state index contributed by atoms with van der Waals surface area (Å²) in [5.41, 5.74) is 0.879. The zero-order chi connectivity index (χ0) is 18.7. The van der Waals surface area contributed by atoms with Crippen LogP contribution in [0.1, 0.15) is 12.0 Å². The Balaban J connectivity index is 1.75. The van der Waals surface area contributed by atoms with Crippen molar-refractivity contribution in [1.82, 2.24) is 4.90 Å². The van der Waals surface area contributed by atoms with E-state index in [1.807, 2.05) is 29.2 Å². The molecule has 1 heterocycles. The minimum atomic E-state index is -4.67. The highest BCUT2D eigenvalue weighted by atomic mass is 31.2. The number of nitrogens with zero attached hydrogens (tertiary/aromatic N) is 1. The average molecular weight is 387 g/mol. The van der Waals surface area contributed by atoms with Gasteiger partial charge >= 0.3 is 14.4 Å². The predicted octanol–water partition coefficient (Wildman–Crippen LogP) is 3.17. The molecule has 0 spiro atoms. The number of alkyl halides is 2. The van der Waals surface area contributed by atoms with Gasteiger partial charge in [-0.1, -0.05) is 30.3 Å². The third kappa shape index (κ3) is 4.99. The number of halogens is 2. The van der Waals surface area contributed by atoms with Gasteiger partial charge in [-0.25, -0.2) is 4.57 Å². The minimum absolute atomic E-state index is 0.131. The van der Waals surface area contributed by atoms with Gasteiger partial charge in [0.25, 0.3) is 0 Å². The molecule has 0 aliphatic carbocycles. The number of ether oxygens (including phenoxy) is 1. The van der Waals surface area contributed by atoms with Crippen molar-refractivity contribution < 1.29 is 32.4 Å². The molecule has 0 saturated carbocycles. The van der Waals surface area contributed by atoms with Gasteiger partial charge in [0.05, 0.1) is 6.10 Å². The summed E-state index contributed by atoms with van der Waals surface area (Å²) in [5, 5.41) is 1.46. The van der Waals surface area contributed by atoms with Crippen molar-refractivity contribution in [2.45, 2.75) is 25.6 Å². The Bertz CT molecular complexity index is 808. The fraction of sp³-hybridized carbons (Fsp3) is 0.412. The number of rotatable bonds is 7. The van der Waals surface area contributed by atoms with Crippen molar-refractivity contribution in [3.05, 3.63) is 42.0 Å². The van der Waals surface area contributed by atoms with E-state index in [9.17, 15) is 13.3 Å². The number of likely N-dealkylation sites (tertiary alicyclic amines) is 1. The number of hydrogen-bond donors (Lipinski definition) is 2. The van der Waals surface area contributed by atoms with Gasteiger partial charge in [0.15, 0.2) is 0 Å². The normalized spacial score (nSPS) is 18.7. The second-order valence-corrected chi connectivity index (χ2v) is 7.38. The standard InChI is InChI=1S/C17H20F2NO5P/c18-17(19)24-14-8-10-20(11-14)9-7-13-4-1-3-12-5-2-6-15(16(12)13)25-26(21,22)23/h1-6,14,17H,7-11H2,(H2,21,22,23)/t14-/m0/s1. The van der Waals surface area contributed by atoms with Crippen molar-refractivity contribution in [2.24, 2.45) is 0 Å². The maximum atomic E-state index is 12.3. The number of fused-ring (bicyclic) bond motifs is 1. The van der Waals surface area contributed by atoms with E-state index in [1.54, 1.807) is 6.07 Å². The topological polar surface area (TPSA) is 79.2 Å². The second-order valence-electron chi connectivity index (χ2n) is 6.21. The van der Waals surface area contributed by atoms with Gasteiger partial charge in [-0.15, -0.1) is 0 Å². The molecule has 1 aliphatic rings. The first-order valence-corrected chi connectivity index (χ1v) is 9.76. The van der Waals surface area contributed by atoms with Crippen LogP contribution in [0.3, 0.4) is 0 Å². The first-order valence-electron chi connectivity index (χ1n) is 8.23. The van der Waals surface area contributed by atoms with E-state index < -0.39 is 20.5 Å². The van der Waals surface area contributed by atoms with Crippen LogP contribution in [-0.2, 0) is 15.7 Å². The van der Waals surface area contributed by atoms with Crippen LogP contribution >= 0.6 is 7.82 Å². The predicted molar refractivity (Wildman–Crippen MR) is 92.3 cm³/mol. The molecule has 142 valence electrons. The molecule has 0 amide bonds. The van der Waals surface area contributed by atoms with Crippen LogP contribution < -0.4 is 4.52 Å². The molecule has 1 atom stereocenters. The maximum absolute atomic E-state index is 12.3. The van der Waals surface area contributed by atoms with Crippen LogP contribution in [-0.4, -0.2) is 47.0 Å². The Morgan fingerprint density at radius 1 is 1.23 bits per heavy atom. The first-order chi connectivity index (χ1) is 12.3. The van der Waals surface area contributed by atoms with E-state index in [2.05, 4.69) is 4.74 Å². The Morgan fingerprint density at radius 2 is 1.96 bits per heavy atom. The fourth-order valence-corrected chi connectivity index (χ4v) is 3.74. The molecule has 2 aromatic rings. The molecule has 3 rings (SSSR count). The van der Waals surface area contributed by atoms with Gasteiger partial charge in [-0.3, -0.25) is 9.79 Å². The summed E-state index contributed by atoms with van der Waals surface area (Å²) in [5.74, 6) is 0.131. The van der Waals surface area contributed by atoms with E-state index in [-0.39, 0.29) is 5.75 Å². The summed E-state index contributed by atoms with van der Waals surface area (Å²) in [7, 11) is -4.67. The summed E-state index contributed by atoms with van der Waals surface area (Å²) in [4.78, 5) is 20.3. The van der Waals surface area contributed by atoms with Gasteiger partial charge in [0.2, 0.25) is 0 Å². The highest BCUT2D eigenvalue weighted by Crippen LogP contribution is 2.41. The Labute approximate surface area is 149 Å². The SMILES string of the molecule is O=P(O)(O)Oc1cccc2cccc(CCN3CC[C@H](OC(F)F)C3)c12. The van der Waals surface area contributed by atoms with Crippen molar-refractivity contribution in [3.63, 3.8) is 0 Å². The molecule has 0 bridgehead atoms. The number of hydrogen-bond acceptors (Lipinski definition) is 4. The van der Waals surface area contributed by atoms with E-state index in [0.29, 0.717) is 37.9 Å². The van der Waals surface area contributed by atoms with E-state index in [1.165, 1.54) is 6.07 Å². The van der Waals surface area contributed by atoms with Crippen LogP contribution in [0.4, 0.5) is 8.78 Å². The second kappa shape index (κ2) is 7.98. The first kappa shape index (κ1) is 19.2. The lowest BCUT2D eigenvalue weighted by Crippen LogP contribution is -2.26. The van der Waals surface area contributed by atoms with Crippen molar-refractivity contribution in [3.8, 4) is 5.75 Å². The summed E-state index contributed by atoms with van der Waals surface area (Å²) in [6.45, 7) is -1.01. The molecule has 2 N–H and O–H groups in total. The van der Waals surface area contributed by atoms with Gasteiger partial charge in [-0.05, 0) is 29.9 Å². The monoisotopic (exact) mass is 387 g/mol. The molecule has 1 aliphatic heterocycles. The number of phosphoric acid groups is 1. The van der Waals surface area contributed by atoms with Crippen molar-refractivity contribution >= 4 is 18.6 Å². The molecular formula is C17H20F2NO5P. The lowest BCUT2D eigenvalue weighted by Gasteiger charge is -2.18. The lowest BCUT2D eigenvalue weighted by atomic mass is 10.0. The quantitative estimate of drug-likeness (QED) is 0.711. The highest BCUT2D eigenvalue weighted by Gasteiger charge is 2.25. The van der Waals surface area contributed by atoms with Crippen LogP contribution in [0.2, 0.25) is 0 Å². The molecule has 2 aromatic carbocycles. The smallest absolute Gasteiger partial charge is 0.404 e. The highest BCUT2D eigenvalue weighted by molar-refractivity contribution is 7.46. The fourth-order valence-electron chi connectivity index (χ4n) is 3.33. The van der Waals surface area contributed by atoms with Crippen molar-refractivity contribution in [1.29, 1.82) is 0 Å². The van der Waals surface area contributed by atoms with Crippen LogP contribution in [0.15, 0.2) is 36.4 Å². The Morgan fingerprint density at radius 3 is 2.65 bits per heavy atom. The van der Waals surface area contributed by atoms with E-state index >= 15 is 0 Å². The molecule has 9 heteroatoms. The van der Waals surface area contributed by atoms with Gasteiger partial charge in [0.1, 0.15) is 5.75 Å². The Hall–Kier alpha value is -1.57. The van der Waals surface area contributed by atoms with Crippen LogP contribution in [0, 0.1) is 0 Å². The largest absolute Gasteiger partial charge is 0.524 e. The van der Waals surface area contributed by atoms with Crippen molar-refractivity contribution in [2.75, 3.05) is 19.6 Å². The zero-order valence-electron chi connectivity index (χ0n) is 13.9. The summed E-state index contributed by atoms with van der Waals surface area (Å²) in [6.07, 6.45) is 0.697. The number of phosphoric ester groups is 1. The molecule has 26 heavy (non-hydrogen) atoms. The summed E-state index contributed by atoms with van der Waals surface area (Å²) < 4.78 is 45.2. The maximum Gasteiger partial charge on any atom is 0.524 e. The van der Waals surface area contributed by atoms with E-state index in [0.717, 1.165) is 10.9 Å². The zero-order valence-corrected chi connectivity index (χ0v) is 14.8. The van der Waals surface area contributed by atoms with Gasteiger partial charge in [0, 0.05) is 25.0 Å². The third-order valence-corrected chi connectivity index (χ3v) is 4.83.